The smallest absolute Gasteiger partial charge is 0.397 e. The van der Waals surface area contributed by atoms with Crippen molar-refractivity contribution in [1.82, 2.24) is 0 Å². The Morgan fingerprint density at radius 1 is 1.07 bits per heavy atom. The van der Waals surface area contributed by atoms with Gasteiger partial charge in [0.2, 0.25) is 0 Å². The van der Waals surface area contributed by atoms with Crippen LogP contribution >= 0.6 is 34.8 Å². The Morgan fingerprint density at radius 3 is 2.00 bits per heavy atom. The van der Waals surface area contributed by atoms with Crippen LogP contribution in [0.25, 0.3) is 0 Å². The van der Waals surface area contributed by atoms with Crippen molar-refractivity contribution in [3.8, 4) is 0 Å². The molecule has 0 amide bonds. The highest BCUT2D eigenvalue weighted by atomic mass is 35.5. The SMILES string of the molecule is Nc1c(C(F)(F)F)cc(Cl)c(Cl)c1Cl. The minimum atomic E-state index is -4.60. The molecule has 1 rings (SSSR count). The van der Waals surface area contributed by atoms with Gasteiger partial charge in [0.05, 0.1) is 26.3 Å². The third-order valence-corrected chi connectivity index (χ3v) is 2.78. The quantitative estimate of drug-likeness (QED) is 0.550. The van der Waals surface area contributed by atoms with E-state index in [9.17, 15) is 13.2 Å². The maximum atomic E-state index is 12.3. The van der Waals surface area contributed by atoms with Crippen LogP contribution in [-0.4, -0.2) is 0 Å². The standard InChI is InChI=1S/C7H3Cl3F3N/c8-3-1-2(7(11,12)13)6(14)5(10)4(3)9/h1H,14H2. The lowest BCUT2D eigenvalue weighted by Gasteiger charge is -2.12. The van der Waals surface area contributed by atoms with E-state index >= 15 is 0 Å². The molecule has 14 heavy (non-hydrogen) atoms. The lowest BCUT2D eigenvalue weighted by molar-refractivity contribution is -0.136. The zero-order chi connectivity index (χ0) is 11.1. The van der Waals surface area contributed by atoms with Gasteiger partial charge in [0.25, 0.3) is 0 Å². The number of anilines is 1. The maximum absolute atomic E-state index is 12.3. The van der Waals surface area contributed by atoms with Gasteiger partial charge in [-0.3, -0.25) is 0 Å². The van der Waals surface area contributed by atoms with E-state index in [1.807, 2.05) is 0 Å². The van der Waals surface area contributed by atoms with Crippen LogP contribution in [0.3, 0.4) is 0 Å². The van der Waals surface area contributed by atoms with E-state index in [1.54, 1.807) is 0 Å². The zero-order valence-electron chi connectivity index (χ0n) is 6.42. The largest absolute Gasteiger partial charge is 0.418 e. The highest BCUT2D eigenvalue weighted by Gasteiger charge is 2.35. The normalized spacial score (nSPS) is 11.9. The Bertz CT molecular complexity index is 375. The Balaban J connectivity index is 3.49. The molecule has 78 valence electrons. The number of benzene rings is 1. The number of nitrogens with two attached hydrogens (primary N) is 1. The average molecular weight is 264 g/mol. The fraction of sp³-hybridized carbons (Fsp3) is 0.143. The summed E-state index contributed by atoms with van der Waals surface area (Å²) in [5.41, 5.74) is 3.44. The summed E-state index contributed by atoms with van der Waals surface area (Å²) in [7, 11) is 0. The lowest BCUT2D eigenvalue weighted by Crippen LogP contribution is -2.09. The van der Waals surface area contributed by atoms with Gasteiger partial charge in [-0.15, -0.1) is 0 Å². The van der Waals surface area contributed by atoms with E-state index in [0.717, 1.165) is 0 Å². The summed E-state index contributed by atoms with van der Waals surface area (Å²) in [6.45, 7) is 0. The minimum Gasteiger partial charge on any atom is -0.397 e. The third-order valence-electron chi connectivity index (χ3n) is 1.51. The highest BCUT2D eigenvalue weighted by molar-refractivity contribution is 6.49. The van der Waals surface area contributed by atoms with Crippen LogP contribution in [-0.2, 0) is 6.18 Å². The van der Waals surface area contributed by atoms with Crippen LogP contribution in [0.2, 0.25) is 15.1 Å². The average Bonchev–Trinajstić information content (AvgIpc) is 2.06. The van der Waals surface area contributed by atoms with E-state index in [1.165, 1.54) is 0 Å². The van der Waals surface area contributed by atoms with E-state index in [-0.39, 0.29) is 15.1 Å². The first-order valence-electron chi connectivity index (χ1n) is 3.25. The molecule has 0 aromatic heterocycles. The number of hydrogen-bond acceptors (Lipinski definition) is 1. The molecule has 0 spiro atoms. The number of rotatable bonds is 0. The zero-order valence-corrected chi connectivity index (χ0v) is 8.69. The number of hydrogen-bond donors (Lipinski definition) is 1. The molecule has 1 aromatic carbocycles. The number of nitrogen functional groups attached to an aromatic ring is 1. The molecule has 0 bridgehead atoms. The van der Waals surface area contributed by atoms with Crippen LogP contribution in [0.15, 0.2) is 6.07 Å². The van der Waals surface area contributed by atoms with Gasteiger partial charge < -0.3 is 5.73 Å². The summed E-state index contributed by atoms with van der Waals surface area (Å²) in [5.74, 6) is 0. The predicted octanol–water partition coefficient (Wildman–Crippen LogP) is 4.25. The Morgan fingerprint density at radius 2 is 1.57 bits per heavy atom. The van der Waals surface area contributed by atoms with Crippen molar-refractivity contribution in [1.29, 1.82) is 0 Å². The Kier molecular flexibility index (Phi) is 3.09. The Hall–Kier alpha value is -0.320. The molecule has 2 N–H and O–H groups in total. The summed E-state index contributed by atoms with van der Waals surface area (Å²) in [5, 5.41) is -0.844. The maximum Gasteiger partial charge on any atom is 0.418 e. The summed E-state index contributed by atoms with van der Waals surface area (Å²) in [4.78, 5) is 0. The molecule has 0 unspecified atom stereocenters. The van der Waals surface area contributed by atoms with Crippen molar-refractivity contribution in [3.05, 3.63) is 26.7 Å². The second-order valence-corrected chi connectivity index (χ2v) is 3.61. The molecule has 7 heteroatoms. The van der Waals surface area contributed by atoms with E-state index in [4.69, 9.17) is 40.5 Å². The first-order chi connectivity index (χ1) is 6.25. The van der Waals surface area contributed by atoms with E-state index in [0.29, 0.717) is 6.07 Å². The molecule has 0 fully saturated rings. The topological polar surface area (TPSA) is 26.0 Å². The summed E-state index contributed by atoms with van der Waals surface area (Å²) >= 11 is 16.4. The molecule has 0 atom stereocenters. The molecule has 0 radical (unpaired) electrons. The van der Waals surface area contributed by atoms with Gasteiger partial charge in [0.15, 0.2) is 0 Å². The fourth-order valence-electron chi connectivity index (χ4n) is 0.844. The highest BCUT2D eigenvalue weighted by Crippen LogP contribution is 2.43. The fourth-order valence-corrected chi connectivity index (χ4v) is 1.46. The van der Waals surface area contributed by atoms with Crippen LogP contribution in [0.1, 0.15) is 5.56 Å². The molecule has 0 heterocycles. The van der Waals surface area contributed by atoms with Gasteiger partial charge in [0, 0.05) is 0 Å². The van der Waals surface area contributed by atoms with E-state index < -0.39 is 17.4 Å². The molecular weight excluding hydrogens is 261 g/mol. The van der Waals surface area contributed by atoms with Crippen LogP contribution in [0.5, 0.6) is 0 Å². The second-order valence-electron chi connectivity index (χ2n) is 2.45. The third kappa shape index (κ3) is 2.02. The Labute approximate surface area is 92.5 Å². The molecule has 0 saturated heterocycles. The minimum absolute atomic E-state index is 0.182. The monoisotopic (exact) mass is 263 g/mol. The van der Waals surface area contributed by atoms with Crippen molar-refractivity contribution in [2.45, 2.75) is 6.18 Å². The first kappa shape index (κ1) is 11.8. The molecule has 1 nitrogen and oxygen atoms in total. The van der Waals surface area contributed by atoms with E-state index in [2.05, 4.69) is 0 Å². The first-order valence-corrected chi connectivity index (χ1v) is 4.38. The summed E-state index contributed by atoms with van der Waals surface area (Å²) in [6, 6.07) is 0.644. The van der Waals surface area contributed by atoms with Gasteiger partial charge in [-0.2, -0.15) is 13.2 Å². The second kappa shape index (κ2) is 3.68. The molecule has 0 aliphatic heterocycles. The summed E-state index contributed by atoms with van der Waals surface area (Å²) < 4.78 is 36.9. The predicted molar refractivity (Wildman–Crippen MR) is 50.9 cm³/mol. The lowest BCUT2D eigenvalue weighted by atomic mass is 10.2. The molecule has 0 aliphatic carbocycles. The van der Waals surface area contributed by atoms with Gasteiger partial charge >= 0.3 is 6.18 Å². The summed E-state index contributed by atoms with van der Waals surface area (Å²) in [6.07, 6.45) is -4.60. The van der Waals surface area contributed by atoms with Crippen molar-refractivity contribution >= 4 is 40.5 Å². The number of alkyl halides is 3. The van der Waals surface area contributed by atoms with Crippen molar-refractivity contribution < 1.29 is 13.2 Å². The van der Waals surface area contributed by atoms with Crippen LogP contribution in [0.4, 0.5) is 18.9 Å². The van der Waals surface area contributed by atoms with Crippen LogP contribution in [0, 0.1) is 0 Å². The van der Waals surface area contributed by atoms with Gasteiger partial charge in [0.1, 0.15) is 0 Å². The molecule has 1 aromatic rings. The van der Waals surface area contributed by atoms with Gasteiger partial charge in [-0.25, -0.2) is 0 Å². The van der Waals surface area contributed by atoms with Crippen molar-refractivity contribution in [2.75, 3.05) is 5.73 Å². The number of halogens is 6. The molecule has 0 aliphatic rings. The molecular formula is C7H3Cl3F3N. The van der Waals surface area contributed by atoms with Crippen molar-refractivity contribution in [3.63, 3.8) is 0 Å². The molecule has 0 saturated carbocycles. The van der Waals surface area contributed by atoms with Gasteiger partial charge in [-0.05, 0) is 6.07 Å². The van der Waals surface area contributed by atoms with Crippen LogP contribution < -0.4 is 5.73 Å². The van der Waals surface area contributed by atoms with Gasteiger partial charge in [-0.1, -0.05) is 34.8 Å². The van der Waals surface area contributed by atoms with Crippen molar-refractivity contribution in [2.24, 2.45) is 0 Å².